The number of rotatable bonds is 7. The lowest BCUT2D eigenvalue weighted by atomic mass is 10.1. The smallest absolute Gasteiger partial charge is 0.248 e. The van der Waals surface area contributed by atoms with Crippen LogP contribution in [0.15, 0.2) is 42.5 Å². The third-order valence-electron chi connectivity index (χ3n) is 4.11. The molecule has 0 saturated heterocycles. The quantitative estimate of drug-likeness (QED) is 0.814. The normalized spacial score (nSPS) is 10.7. The molecule has 132 valence electrons. The topological polar surface area (TPSA) is 75.4 Å². The molecule has 2 rings (SSSR count). The zero-order valence-electron chi connectivity index (χ0n) is 15.0. The van der Waals surface area contributed by atoms with Crippen molar-refractivity contribution in [2.45, 2.75) is 26.8 Å². The molecule has 0 saturated carbocycles. The highest BCUT2D eigenvalue weighted by atomic mass is 16.2. The number of aryl methyl sites for hydroxylation is 2. The maximum atomic E-state index is 12.1. The second-order valence-electron chi connectivity index (χ2n) is 6.41. The number of nitrogens with two attached hydrogens (primary N) is 1. The zero-order valence-corrected chi connectivity index (χ0v) is 15.0. The summed E-state index contributed by atoms with van der Waals surface area (Å²) >= 11 is 0. The van der Waals surface area contributed by atoms with E-state index in [0.29, 0.717) is 24.2 Å². The number of hydrogen-bond donors (Lipinski definition) is 2. The Hall–Kier alpha value is -2.66. The summed E-state index contributed by atoms with van der Waals surface area (Å²) in [7, 11) is 2.01. The molecule has 2 aromatic carbocycles. The minimum Gasteiger partial charge on any atom is -0.366 e. The Balaban J connectivity index is 1.81. The zero-order chi connectivity index (χ0) is 18.4. The molecule has 3 N–H and O–H groups in total. The monoisotopic (exact) mass is 339 g/mol. The Morgan fingerprint density at radius 3 is 2.36 bits per heavy atom. The van der Waals surface area contributed by atoms with E-state index in [2.05, 4.69) is 42.3 Å². The average molecular weight is 339 g/mol. The van der Waals surface area contributed by atoms with Gasteiger partial charge in [0.2, 0.25) is 11.8 Å². The van der Waals surface area contributed by atoms with Gasteiger partial charge in [0, 0.05) is 30.8 Å². The van der Waals surface area contributed by atoms with Gasteiger partial charge < -0.3 is 16.0 Å². The number of hydrogen-bond acceptors (Lipinski definition) is 3. The van der Waals surface area contributed by atoms with E-state index in [1.165, 1.54) is 16.7 Å². The summed E-state index contributed by atoms with van der Waals surface area (Å²) in [6.45, 7) is 5.67. The summed E-state index contributed by atoms with van der Waals surface area (Å²) < 4.78 is 0. The van der Waals surface area contributed by atoms with Crippen LogP contribution in [-0.2, 0) is 11.3 Å². The number of nitrogens with one attached hydrogen (secondary N) is 1. The fraction of sp³-hybridized carbons (Fsp3) is 0.300. The molecule has 5 heteroatoms. The number of nitrogens with zero attached hydrogens (tertiary/aromatic N) is 1. The van der Waals surface area contributed by atoms with Crippen LogP contribution in [0.3, 0.4) is 0 Å². The molecule has 2 aromatic rings. The van der Waals surface area contributed by atoms with Gasteiger partial charge in [-0.1, -0.05) is 23.8 Å². The lowest BCUT2D eigenvalue weighted by Gasteiger charge is -2.18. The van der Waals surface area contributed by atoms with Gasteiger partial charge >= 0.3 is 0 Å². The van der Waals surface area contributed by atoms with E-state index in [9.17, 15) is 9.59 Å². The van der Waals surface area contributed by atoms with Gasteiger partial charge in [-0.3, -0.25) is 9.59 Å². The van der Waals surface area contributed by atoms with Gasteiger partial charge in [-0.05, 0) is 56.3 Å². The molecule has 0 aromatic heterocycles. The van der Waals surface area contributed by atoms with Crippen molar-refractivity contribution in [1.29, 1.82) is 0 Å². The van der Waals surface area contributed by atoms with Crippen molar-refractivity contribution in [3.63, 3.8) is 0 Å². The largest absolute Gasteiger partial charge is 0.366 e. The summed E-state index contributed by atoms with van der Waals surface area (Å²) in [5.74, 6) is -0.537. The summed E-state index contributed by atoms with van der Waals surface area (Å²) in [5.41, 5.74) is 10.1. The minimum absolute atomic E-state index is 0.0562. The number of benzene rings is 2. The Labute approximate surface area is 148 Å². The van der Waals surface area contributed by atoms with Crippen LogP contribution in [0.2, 0.25) is 0 Å². The van der Waals surface area contributed by atoms with Crippen LogP contribution in [0, 0.1) is 13.8 Å². The standard InChI is InChI=1S/C20H25N3O2/c1-14-4-5-17(15(2)12-14)13-23(3)11-10-19(24)22-18-8-6-16(7-9-18)20(21)25/h4-9,12H,10-11,13H2,1-3H3,(H2,21,25)(H,22,24). The lowest BCUT2D eigenvalue weighted by molar-refractivity contribution is -0.116. The predicted octanol–water partition coefficient (Wildman–Crippen LogP) is 2.86. The molecule has 0 aliphatic carbocycles. The molecule has 0 unspecified atom stereocenters. The van der Waals surface area contributed by atoms with Crippen molar-refractivity contribution in [2.75, 3.05) is 18.9 Å². The van der Waals surface area contributed by atoms with Crippen LogP contribution < -0.4 is 11.1 Å². The molecule has 0 aliphatic rings. The first kappa shape index (κ1) is 18.7. The molecule has 2 amide bonds. The fourth-order valence-electron chi connectivity index (χ4n) is 2.63. The first-order valence-electron chi connectivity index (χ1n) is 8.29. The van der Waals surface area contributed by atoms with Crippen LogP contribution in [-0.4, -0.2) is 30.3 Å². The van der Waals surface area contributed by atoms with Gasteiger partial charge in [-0.15, -0.1) is 0 Å². The second kappa shape index (κ2) is 8.44. The van der Waals surface area contributed by atoms with Crippen molar-refractivity contribution >= 4 is 17.5 Å². The Kier molecular flexibility index (Phi) is 6.31. The summed E-state index contributed by atoms with van der Waals surface area (Å²) in [6, 6.07) is 13.0. The van der Waals surface area contributed by atoms with Crippen molar-refractivity contribution in [2.24, 2.45) is 5.73 Å². The second-order valence-corrected chi connectivity index (χ2v) is 6.41. The molecule has 0 bridgehead atoms. The van der Waals surface area contributed by atoms with Gasteiger partial charge in [-0.25, -0.2) is 0 Å². The van der Waals surface area contributed by atoms with Crippen LogP contribution in [0.5, 0.6) is 0 Å². The van der Waals surface area contributed by atoms with Gasteiger partial charge in [0.15, 0.2) is 0 Å². The van der Waals surface area contributed by atoms with Crippen LogP contribution in [0.1, 0.15) is 33.5 Å². The minimum atomic E-state index is -0.481. The van der Waals surface area contributed by atoms with E-state index < -0.39 is 5.91 Å². The SMILES string of the molecule is Cc1ccc(CN(C)CCC(=O)Nc2ccc(C(N)=O)cc2)c(C)c1. The summed E-state index contributed by atoms with van der Waals surface area (Å²) in [5, 5.41) is 2.83. The Morgan fingerprint density at radius 2 is 1.76 bits per heavy atom. The van der Waals surface area contributed by atoms with Gasteiger partial charge in [-0.2, -0.15) is 0 Å². The molecule has 0 radical (unpaired) electrons. The van der Waals surface area contributed by atoms with Crippen molar-refractivity contribution in [3.05, 3.63) is 64.7 Å². The first-order valence-corrected chi connectivity index (χ1v) is 8.29. The molecule has 25 heavy (non-hydrogen) atoms. The highest BCUT2D eigenvalue weighted by molar-refractivity contribution is 5.94. The number of amides is 2. The van der Waals surface area contributed by atoms with Crippen molar-refractivity contribution in [1.82, 2.24) is 4.90 Å². The molecule has 5 nitrogen and oxygen atoms in total. The van der Waals surface area contributed by atoms with E-state index >= 15 is 0 Å². The first-order chi connectivity index (χ1) is 11.8. The van der Waals surface area contributed by atoms with Gasteiger partial charge in [0.05, 0.1) is 0 Å². The third-order valence-corrected chi connectivity index (χ3v) is 4.11. The Bertz CT molecular complexity index is 754. The highest BCUT2D eigenvalue weighted by Gasteiger charge is 2.08. The number of carbonyl (C=O) groups excluding carboxylic acids is 2. The van der Waals surface area contributed by atoms with E-state index in [0.717, 1.165) is 6.54 Å². The maximum Gasteiger partial charge on any atom is 0.248 e. The molecule has 0 aliphatic heterocycles. The van der Waals surface area contributed by atoms with E-state index in [4.69, 9.17) is 5.73 Å². The fourth-order valence-corrected chi connectivity index (χ4v) is 2.63. The number of anilines is 1. The average Bonchev–Trinajstić information content (AvgIpc) is 2.56. The summed E-state index contributed by atoms with van der Waals surface area (Å²) in [6.07, 6.45) is 0.402. The maximum absolute atomic E-state index is 12.1. The van der Waals surface area contributed by atoms with E-state index in [1.54, 1.807) is 24.3 Å². The molecule has 0 heterocycles. The Morgan fingerprint density at radius 1 is 1.08 bits per heavy atom. The van der Waals surface area contributed by atoms with E-state index in [-0.39, 0.29) is 5.91 Å². The van der Waals surface area contributed by atoms with Gasteiger partial charge in [0.1, 0.15) is 0 Å². The third kappa shape index (κ3) is 5.72. The van der Waals surface area contributed by atoms with Crippen molar-refractivity contribution < 1.29 is 9.59 Å². The number of carbonyl (C=O) groups is 2. The number of primary amides is 1. The molecule has 0 fully saturated rings. The molecule has 0 spiro atoms. The van der Waals surface area contributed by atoms with Crippen molar-refractivity contribution in [3.8, 4) is 0 Å². The molecular weight excluding hydrogens is 314 g/mol. The molecular formula is C20H25N3O2. The lowest BCUT2D eigenvalue weighted by Crippen LogP contribution is -2.24. The van der Waals surface area contributed by atoms with Gasteiger partial charge in [0.25, 0.3) is 0 Å². The summed E-state index contributed by atoms with van der Waals surface area (Å²) in [4.78, 5) is 25.2. The highest BCUT2D eigenvalue weighted by Crippen LogP contribution is 2.13. The van der Waals surface area contributed by atoms with Crippen LogP contribution in [0.4, 0.5) is 5.69 Å². The van der Waals surface area contributed by atoms with Crippen LogP contribution in [0.25, 0.3) is 0 Å². The van der Waals surface area contributed by atoms with E-state index in [1.807, 2.05) is 7.05 Å². The molecule has 0 atom stereocenters. The predicted molar refractivity (Wildman–Crippen MR) is 100 cm³/mol. The van der Waals surface area contributed by atoms with Crippen LogP contribution >= 0.6 is 0 Å².